The van der Waals surface area contributed by atoms with Crippen molar-refractivity contribution in [2.75, 3.05) is 0 Å². The number of nitrogens with zero attached hydrogens (tertiary/aromatic N) is 1. The van der Waals surface area contributed by atoms with Crippen LogP contribution in [-0.4, -0.2) is 11.0 Å². The molecule has 0 N–H and O–H groups in total. The van der Waals surface area contributed by atoms with Gasteiger partial charge in [-0.05, 0) is 54.5 Å². The van der Waals surface area contributed by atoms with E-state index in [1.165, 1.54) is 68.9 Å². The highest BCUT2D eigenvalue weighted by Crippen LogP contribution is 2.18. The van der Waals surface area contributed by atoms with Crippen molar-refractivity contribution >= 4 is 5.97 Å². The van der Waals surface area contributed by atoms with Crippen molar-refractivity contribution in [1.29, 1.82) is 0 Å². The van der Waals surface area contributed by atoms with Crippen LogP contribution in [0.3, 0.4) is 0 Å². The number of hydrogen-bond donors (Lipinski definition) is 0. The molecule has 1 aromatic carbocycles. The summed E-state index contributed by atoms with van der Waals surface area (Å²) in [7, 11) is 0. The molecule has 170 valence electrons. The zero-order valence-corrected chi connectivity index (χ0v) is 19.9. The third-order valence-corrected chi connectivity index (χ3v) is 6.02. The van der Waals surface area contributed by atoms with Crippen molar-refractivity contribution in [2.24, 2.45) is 5.92 Å². The number of aromatic nitrogens is 1. The third-order valence-electron chi connectivity index (χ3n) is 6.02. The molecule has 0 saturated heterocycles. The molecule has 1 aromatic heterocycles. The highest BCUT2D eigenvalue weighted by atomic mass is 16.5. The topological polar surface area (TPSA) is 39.2 Å². The van der Waals surface area contributed by atoms with Gasteiger partial charge in [0.1, 0.15) is 11.4 Å². The molecule has 3 heteroatoms. The lowest BCUT2D eigenvalue weighted by Gasteiger charge is -2.09. The summed E-state index contributed by atoms with van der Waals surface area (Å²) in [5.74, 6) is 0.828. The van der Waals surface area contributed by atoms with E-state index in [1.54, 1.807) is 6.07 Å². The lowest BCUT2D eigenvalue weighted by Crippen LogP contribution is -2.10. The van der Waals surface area contributed by atoms with E-state index < -0.39 is 5.97 Å². The van der Waals surface area contributed by atoms with E-state index in [4.69, 9.17) is 4.74 Å². The number of aryl methyl sites for hydroxylation is 1. The Balaban J connectivity index is 1.68. The lowest BCUT2D eigenvalue weighted by atomic mass is 9.99. The second kappa shape index (κ2) is 14.8. The van der Waals surface area contributed by atoms with Crippen molar-refractivity contribution in [3.8, 4) is 5.75 Å². The maximum Gasteiger partial charge on any atom is 0.362 e. The summed E-state index contributed by atoms with van der Waals surface area (Å²) in [6.45, 7) is 6.71. The van der Waals surface area contributed by atoms with E-state index >= 15 is 0 Å². The molecule has 31 heavy (non-hydrogen) atoms. The van der Waals surface area contributed by atoms with E-state index in [2.05, 4.69) is 25.8 Å². The Morgan fingerprint density at radius 3 is 2.03 bits per heavy atom. The van der Waals surface area contributed by atoms with Gasteiger partial charge in [0.25, 0.3) is 0 Å². The molecule has 0 aliphatic heterocycles. The molecular formula is C28H41NO2. The monoisotopic (exact) mass is 423 g/mol. The predicted octanol–water partition coefficient (Wildman–Crippen LogP) is 7.96. The fourth-order valence-electron chi connectivity index (χ4n) is 3.73. The second-order valence-electron chi connectivity index (χ2n) is 8.88. The first-order valence-electron chi connectivity index (χ1n) is 12.4. The predicted molar refractivity (Wildman–Crippen MR) is 130 cm³/mol. The Bertz CT molecular complexity index is 737. The Kier molecular flexibility index (Phi) is 12.0. The van der Waals surface area contributed by atoms with Crippen LogP contribution in [0.25, 0.3) is 0 Å². The van der Waals surface area contributed by atoms with E-state index in [1.807, 2.05) is 36.5 Å². The molecule has 1 atom stereocenters. The molecule has 0 aliphatic rings. The number of unbranched alkanes of at least 4 members (excludes halogenated alkanes) is 8. The number of carbonyl (C=O) groups excluding carboxylic acids is 1. The highest BCUT2D eigenvalue weighted by molar-refractivity contribution is 5.88. The van der Waals surface area contributed by atoms with Crippen molar-refractivity contribution in [3.05, 3.63) is 59.4 Å². The van der Waals surface area contributed by atoms with Gasteiger partial charge in [0.05, 0.1) is 0 Å². The van der Waals surface area contributed by atoms with Crippen LogP contribution in [0.15, 0.2) is 42.6 Å². The maximum absolute atomic E-state index is 12.4. The average Bonchev–Trinajstić information content (AvgIpc) is 2.79. The van der Waals surface area contributed by atoms with Crippen LogP contribution in [-0.2, 0) is 12.8 Å². The highest BCUT2D eigenvalue weighted by Gasteiger charge is 2.10. The van der Waals surface area contributed by atoms with Crippen molar-refractivity contribution < 1.29 is 9.53 Å². The molecule has 0 unspecified atom stereocenters. The van der Waals surface area contributed by atoms with Gasteiger partial charge in [-0.25, -0.2) is 9.78 Å². The van der Waals surface area contributed by atoms with Crippen LogP contribution in [0.2, 0.25) is 0 Å². The zero-order valence-electron chi connectivity index (χ0n) is 19.9. The summed E-state index contributed by atoms with van der Waals surface area (Å²) < 4.78 is 5.49. The SMILES string of the molecule is CCCCCCCCCCCc1ccc(C(=O)Oc2ccc(C[C@@H](C)CC)cc2)nc1. The fraction of sp³-hybridized carbons (Fsp3) is 0.571. The first kappa shape index (κ1) is 25.1. The summed E-state index contributed by atoms with van der Waals surface area (Å²) in [6.07, 6.45) is 17.0. The largest absolute Gasteiger partial charge is 0.422 e. The molecule has 0 spiro atoms. The fourth-order valence-corrected chi connectivity index (χ4v) is 3.73. The first-order chi connectivity index (χ1) is 15.1. The van der Waals surface area contributed by atoms with E-state index in [0.29, 0.717) is 17.4 Å². The molecule has 0 aliphatic carbocycles. The van der Waals surface area contributed by atoms with Crippen LogP contribution in [0.4, 0.5) is 0 Å². The van der Waals surface area contributed by atoms with Crippen LogP contribution in [0.1, 0.15) is 107 Å². The summed E-state index contributed by atoms with van der Waals surface area (Å²) in [6, 6.07) is 11.6. The van der Waals surface area contributed by atoms with Gasteiger partial charge in [0, 0.05) is 6.20 Å². The van der Waals surface area contributed by atoms with Crippen LogP contribution in [0.5, 0.6) is 5.75 Å². The standard InChI is InChI=1S/C28H41NO2/c1-4-6-7-8-9-10-11-12-13-14-25-17-20-27(29-22-25)28(30)31-26-18-15-24(16-19-26)21-23(3)5-2/h15-20,22-23H,4-14,21H2,1-3H3/t23-/m0/s1. The molecule has 1 heterocycles. The summed E-state index contributed by atoms with van der Waals surface area (Å²) in [4.78, 5) is 16.7. The Hall–Kier alpha value is -2.16. The number of hydrogen-bond acceptors (Lipinski definition) is 3. The normalized spacial score (nSPS) is 12.0. The molecule has 0 fully saturated rings. The molecule has 2 rings (SSSR count). The van der Waals surface area contributed by atoms with Gasteiger partial charge in [-0.2, -0.15) is 0 Å². The summed E-state index contributed by atoms with van der Waals surface area (Å²) in [5, 5.41) is 0. The molecule has 0 bridgehead atoms. The molecule has 0 saturated carbocycles. The van der Waals surface area contributed by atoms with E-state index in [-0.39, 0.29) is 0 Å². The van der Waals surface area contributed by atoms with Gasteiger partial charge >= 0.3 is 5.97 Å². The maximum atomic E-state index is 12.4. The molecular weight excluding hydrogens is 382 g/mol. The van der Waals surface area contributed by atoms with Gasteiger partial charge < -0.3 is 4.74 Å². The zero-order chi connectivity index (χ0) is 22.3. The minimum absolute atomic E-state index is 0.361. The smallest absolute Gasteiger partial charge is 0.362 e. The Morgan fingerprint density at radius 1 is 0.839 bits per heavy atom. The van der Waals surface area contributed by atoms with Gasteiger partial charge in [-0.3, -0.25) is 0 Å². The number of carbonyl (C=O) groups is 1. The third kappa shape index (κ3) is 10.1. The average molecular weight is 424 g/mol. The van der Waals surface area contributed by atoms with Crippen LogP contribution < -0.4 is 4.74 Å². The molecule has 2 aromatic rings. The van der Waals surface area contributed by atoms with Gasteiger partial charge in [0.2, 0.25) is 0 Å². The molecule has 0 amide bonds. The minimum atomic E-state index is -0.399. The summed E-state index contributed by atoms with van der Waals surface area (Å²) >= 11 is 0. The van der Waals surface area contributed by atoms with E-state index in [9.17, 15) is 4.79 Å². The lowest BCUT2D eigenvalue weighted by molar-refractivity contribution is 0.0728. The number of esters is 1. The quantitative estimate of drug-likeness (QED) is 0.166. The van der Waals surface area contributed by atoms with Crippen molar-refractivity contribution in [3.63, 3.8) is 0 Å². The number of ether oxygens (including phenoxy) is 1. The Morgan fingerprint density at radius 2 is 1.45 bits per heavy atom. The van der Waals surface area contributed by atoms with Gasteiger partial charge in [-0.1, -0.05) is 96.8 Å². The van der Waals surface area contributed by atoms with Gasteiger partial charge in [0.15, 0.2) is 0 Å². The molecule has 0 radical (unpaired) electrons. The number of pyridine rings is 1. The van der Waals surface area contributed by atoms with Gasteiger partial charge in [-0.15, -0.1) is 0 Å². The summed E-state index contributed by atoms with van der Waals surface area (Å²) in [5.41, 5.74) is 2.82. The van der Waals surface area contributed by atoms with Crippen molar-refractivity contribution in [1.82, 2.24) is 4.98 Å². The van der Waals surface area contributed by atoms with E-state index in [0.717, 1.165) is 19.3 Å². The second-order valence-corrected chi connectivity index (χ2v) is 8.88. The number of rotatable bonds is 15. The van der Waals surface area contributed by atoms with Crippen molar-refractivity contribution in [2.45, 2.75) is 97.8 Å². The minimum Gasteiger partial charge on any atom is -0.422 e. The van der Waals surface area contributed by atoms with Crippen LogP contribution in [0, 0.1) is 5.92 Å². The number of benzene rings is 1. The van der Waals surface area contributed by atoms with Crippen LogP contribution >= 0.6 is 0 Å². The Labute approximate surface area is 189 Å². The molecule has 3 nitrogen and oxygen atoms in total. The first-order valence-corrected chi connectivity index (χ1v) is 12.4.